The van der Waals surface area contributed by atoms with Gasteiger partial charge in [-0.1, -0.05) is 42.0 Å². The maximum absolute atomic E-state index is 12.7. The smallest absolute Gasteiger partial charge is 0.267 e. The number of halogens is 1. The highest BCUT2D eigenvalue weighted by atomic mass is 35.5. The number of piperidine rings is 1. The molecule has 2 aromatic heterocycles. The van der Waals surface area contributed by atoms with E-state index < -0.39 is 0 Å². The van der Waals surface area contributed by atoms with Crippen LogP contribution < -0.4 is 15.5 Å². The molecule has 0 saturated carbocycles. The van der Waals surface area contributed by atoms with E-state index in [1.165, 1.54) is 24.2 Å². The van der Waals surface area contributed by atoms with E-state index >= 15 is 0 Å². The van der Waals surface area contributed by atoms with Gasteiger partial charge in [0.05, 0.1) is 16.9 Å². The molecule has 7 nitrogen and oxygen atoms in total. The maximum Gasteiger partial charge on any atom is 0.267 e. The SMILES string of the molecule is Cc1nc(Nc2ncc(C(=O)Nc3c(C)cccc3Cl)s2)cc(N2CCC(C)CC2)n1. The molecular formula is C22H25ClN6OS. The minimum Gasteiger partial charge on any atom is -0.356 e. The Morgan fingerprint density at radius 2 is 2.00 bits per heavy atom. The van der Waals surface area contributed by atoms with Gasteiger partial charge >= 0.3 is 0 Å². The average molecular weight is 457 g/mol. The van der Waals surface area contributed by atoms with E-state index in [-0.39, 0.29) is 5.91 Å². The largest absolute Gasteiger partial charge is 0.356 e. The first kappa shape index (κ1) is 21.5. The molecule has 2 N–H and O–H groups in total. The van der Waals surface area contributed by atoms with E-state index in [0.717, 1.165) is 30.4 Å². The fraction of sp³-hybridized carbons (Fsp3) is 0.364. The molecule has 1 amide bonds. The Bertz CT molecular complexity index is 1070. The Morgan fingerprint density at radius 1 is 1.23 bits per heavy atom. The second kappa shape index (κ2) is 9.20. The fourth-order valence-corrected chi connectivity index (χ4v) is 4.51. The van der Waals surface area contributed by atoms with Gasteiger partial charge in [-0.3, -0.25) is 4.79 Å². The van der Waals surface area contributed by atoms with E-state index in [1.54, 1.807) is 12.3 Å². The van der Waals surface area contributed by atoms with Gasteiger partial charge < -0.3 is 15.5 Å². The van der Waals surface area contributed by atoms with Crippen LogP contribution in [0.2, 0.25) is 5.02 Å². The molecule has 1 fully saturated rings. The molecule has 0 spiro atoms. The predicted molar refractivity (Wildman–Crippen MR) is 127 cm³/mol. The lowest BCUT2D eigenvalue weighted by molar-refractivity contribution is 0.103. The number of aryl methyl sites for hydroxylation is 2. The van der Waals surface area contributed by atoms with Crippen molar-refractivity contribution in [3.63, 3.8) is 0 Å². The minimum absolute atomic E-state index is 0.247. The molecule has 1 aliphatic rings. The Kier molecular flexibility index (Phi) is 6.38. The number of hydrogen-bond donors (Lipinski definition) is 2. The molecule has 1 aromatic carbocycles. The molecule has 31 heavy (non-hydrogen) atoms. The summed E-state index contributed by atoms with van der Waals surface area (Å²) >= 11 is 7.48. The number of hydrogen-bond acceptors (Lipinski definition) is 7. The summed E-state index contributed by atoms with van der Waals surface area (Å²) in [5.41, 5.74) is 1.52. The molecule has 0 unspecified atom stereocenters. The average Bonchev–Trinajstić information content (AvgIpc) is 3.19. The topological polar surface area (TPSA) is 83.0 Å². The number of carbonyl (C=O) groups excluding carboxylic acids is 1. The Hall–Kier alpha value is -2.71. The van der Waals surface area contributed by atoms with Crippen molar-refractivity contribution in [3.05, 3.63) is 51.7 Å². The lowest BCUT2D eigenvalue weighted by Gasteiger charge is -2.31. The van der Waals surface area contributed by atoms with E-state index in [4.69, 9.17) is 11.6 Å². The van der Waals surface area contributed by atoms with Gasteiger partial charge in [0.15, 0.2) is 5.13 Å². The molecule has 0 bridgehead atoms. The highest BCUT2D eigenvalue weighted by Crippen LogP contribution is 2.29. The van der Waals surface area contributed by atoms with Gasteiger partial charge in [-0.2, -0.15) is 0 Å². The fourth-order valence-electron chi connectivity index (χ4n) is 3.53. The molecule has 1 aliphatic heterocycles. The summed E-state index contributed by atoms with van der Waals surface area (Å²) in [6.07, 6.45) is 3.89. The quantitative estimate of drug-likeness (QED) is 0.532. The molecule has 162 valence electrons. The van der Waals surface area contributed by atoms with Crippen LogP contribution in [0.3, 0.4) is 0 Å². The summed E-state index contributed by atoms with van der Waals surface area (Å²) in [6.45, 7) is 8.08. The van der Waals surface area contributed by atoms with Gasteiger partial charge in [-0.05, 0) is 44.2 Å². The number of rotatable bonds is 5. The lowest BCUT2D eigenvalue weighted by atomic mass is 9.99. The van der Waals surface area contributed by atoms with E-state index in [2.05, 4.69) is 37.4 Å². The van der Waals surface area contributed by atoms with Crippen molar-refractivity contribution < 1.29 is 4.79 Å². The van der Waals surface area contributed by atoms with Gasteiger partial charge in [0.25, 0.3) is 5.91 Å². The lowest BCUT2D eigenvalue weighted by Crippen LogP contribution is -2.33. The highest BCUT2D eigenvalue weighted by molar-refractivity contribution is 7.17. The Labute approximate surface area is 190 Å². The Morgan fingerprint density at radius 3 is 2.74 bits per heavy atom. The first-order chi connectivity index (χ1) is 14.9. The Balaban J connectivity index is 1.47. The molecule has 1 saturated heterocycles. The van der Waals surface area contributed by atoms with Crippen molar-refractivity contribution in [1.82, 2.24) is 15.0 Å². The summed E-state index contributed by atoms with van der Waals surface area (Å²) in [7, 11) is 0. The van der Waals surface area contributed by atoms with Crippen molar-refractivity contribution in [3.8, 4) is 0 Å². The van der Waals surface area contributed by atoms with Crippen molar-refractivity contribution in [1.29, 1.82) is 0 Å². The van der Waals surface area contributed by atoms with Crippen LogP contribution in [-0.4, -0.2) is 33.9 Å². The monoisotopic (exact) mass is 456 g/mol. The molecule has 0 radical (unpaired) electrons. The standard InChI is InChI=1S/C22H25ClN6OS/c1-13-7-9-29(10-8-13)19-11-18(25-15(3)26-19)27-22-24-12-17(31-22)21(30)28-20-14(2)5-4-6-16(20)23/h4-6,11-13H,7-10H2,1-3H3,(H,28,30)(H,24,25,26,27). The number of para-hydroxylation sites is 1. The number of nitrogens with zero attached hydrogens (tertiary/aromatic N) is 4. The summed E-state index contributed by atoms with van der Waals surface area (Å²) in [5, 5.41) is 7.20. The van der Waals surface area contributed by atoms with Gasteiger partial charge in [0.1, 0.15) is 22.3 Å². The molecule has 4 rings (SSSR count). The van der Waals surface area contributed by atoms with Crippen molar-refractivity contribution >= 4 is 51.3 Å². The minimum atomic E-state index is -0.247. The van der Waals surface area contributed by atoms with Crippen LogP contribution in [0.25, 0.3) is 0 Å². The van der Waals surface area contributed by atoms with Crippen LogP contribution in [0.5, 0.6) is 0 Å². The normalized spacial score (nSPS) is 14.5. The summed E-state index contributed by atoms with van der Waals surface area (Å²) in [5.74, 6) is 2.80. The second-order valence-electron chi connectivity index (χ2n) is 7.87. The highest BCUT2D eigenvalue weighted by Gasteiger charge is 2.19. The number of thiazole rings is 1. The molecular weight excluding hydrogens is 432 g/mol. The zero-order valence-electron chi connectivity index (χ0n) is 17.8. The summed E-state index contributed by atoms with van der Waals surface area (Å²) < 4.78 is 0. The number of aromatic nitrogens is 3. The number of carbonyl (C=O) groups is 1. The maximum atomic E-state index is 12.7. The number of amides is 1. The van der Waals surface area contributed by atoms with Crippen molar-refractivity contribution in [2.45, 2.75) is 33.6 Å². The van der Waals surface area contributed by atoms with Crippen LogP contribution in [0.15, 0.2) is 30.5 Å². The summed E-state index contributed by atoms with van der Waals surface area (Å²) in [4.78, 5) is 28.9. The molecule has 3 heterocycles. The van der Waals surface area contributed by atoms with Crippen LogP contribution in [0.4, 0.5) is 22.5 Å². The first-order valence-electron chi connectivity index (χ1n) is 10.3. The van der Waals surface area contributed by atoms with Gasteiger partial charge in [-0.15, -0.1) is 0 Å². The molecule has 0 atom stereocenters. The zero-order chi connectivity index (χ0) is 22.0. The van der Waals surface area contributed by atoms with Gasteiger partial charge in [-0.25, -0.2) is 15.0 Å². The molecule has 0 aliphatic carbocycles. The van der Waals surface area contributed by atoms with Crippen LogP contribution in [-0.2, 0) is 0 Å². The van der Waals surface area contributed by atoms with Crippen LogP contribution in [0.1, 0.15) is 40.8 Å². The predicted octanol–water partition coefficient (Wildman–Crippen LogP) is 5.44. The van der Waals surface area contributed by atoms with Crippen molar-refractivity contribution in [2.24, 2.45) is 5.92 Å². The number of anilines is 4. The van der Waals surface area contributed by atoms with E-state index in [0.29, 0.717) is 32.4 Å². The van der Waals surface area contributed by atoms with E-state index in [1.807, 2.05) is 32.0 Å². The van der Waals surface area contributed by atoms with Gasteiger partial charge in [0, 0.05) is 19.2 Å². The first-order valence-corrected chi connectivity index (χ1v) is 11.5. The number of nitrogens with one attached hydrogen (secondary N) is 2. The molecule has 9 heteroatoms. The van der Waals surface area contributed by atoms with Gasteiger partial charge in [0.2, 0.25) is 0 Å². The molecule has 3 aromatic rings. The zero-order valence-corrected chi connectivity index (χ0v) is 19.3. The van der Waals surface area contributed by atoms with Crippen LogP contribution in [0, 0.1) is 19.8 Å². The summed E-state index contributed by atoms with van der Waals surface area (Å²) in [6, 6.07) is 7.45. The van der Waals surface area contributed by atoms with Crippen molar-refractivity contribution in [2.75, 3.05) is 28.6 Å². The number of benzene rings is 1. The van der Waals surface area contributed by atoms with E-state index in [9.17, 15) is 4.79 Å². The third-order valence-electron chi connectivity index (χ3n) is 5.36. The van der Waals surface area contributed by atoms with Crippen LogP contribution >= 0.6 is 22.9 Å². The third-order valence-corrected chi connectivity index (χ3v) is 6.58. The third kappa shape index (κ3) is 5.14. The second-order valence-corrected chi connectivity index (χ2v) is 9.31.